The van der Waals surface area contributed by atoms with E-state index in [-0.39, 0.29) is 5.91 Å². The van der Waals surface area contributed by atoms with Gasteiger partial charge in [-0.3, -0.25) is 20.1 Å². The van der Waals surface area contributed by atoms with E-state index in [1.54, 1.807) is 30.6 Å². The van der Waals surface area contributed by atoms with Gasteiger partial charge in [0.1, 0.15) is 5.01 Å². The number of nitrogens with one attached hydrogen (secondary N) is 1. The molecule has 0 saturated heterocycles. The maximum absolute atomic E-state index is 12.0. The molecule has 0 aliphatic rings. The van der Waals surface area contributed by atoms with Crippen LogP contribution < -0.4 is 5.32 Å². The second-order valence-corrected chi connectivity index (χ2v) is 5.02. The van der Waals surface area contributed by atoms with Crippen LogP contribution >= 0.6 is 11.3 Å². The SMILES string of the molecule is Cc1nnc(NC(=O)c2ccc3nccnc3c2)s1. The molecule has 0 atom stereocenters. The maximum atomic E-state index is 12.0. The van der Waals surface area contributed by atoms with Crippen molar-refractivity contribution in [3.05, 3.63) is 41.2 Å². The van der Waals surface area contributed by atoms with Crippen molar-refractivity contribution in [2.45, 2.75) is 6.92 Å². The number of benzene rings is 1. The van der Waals surface area contributed by atoms with Crippen LogP contribution in [0.1, 0.15) is 15.4 Å². The molecule has 0 aliphatic heterocycles. The van der Waals surface area contributed by atoms with Crippen LogP contribution in [0.15, 0.2) is 30.6 Å². The average Bonchev–Trinajstić information content (AvgIpc) is 2.83. The number of hydrogen-bond acceptors (Lipinski definition) is 6. The summed E-state index contributed by atoms with van der Waals surface area (Å²) in [6, 6.07) is 5.17. The van der Waals surface area contributed by atoms with E-state index in [0.717, 1.165) is 10.5 Å². The van der Waals surface area contributed by atoms with E-state index in [1.807, 2.05) is 6.92 Å². The molecule has 3 rings (SSSR count). The van der Waals surface area contributed by atoms with Crippen molar-refractivity contribution in [2.75, 3.05) is 5.32 Å². The first-order valence-corrected chi connectivity index (χ1v) is 6.36. The highest BCUT2D eigenvalue weighted by atomic mass is 32.1. The van der Waals surface area contributed by atoms with E-state index in [0.29, 0.717) is 16.2 Å². The molecule has 1 aromatic carbocycles. The average molecular weight is 271 g/mol. The fourth-order valence-electron chi connectivity index (χ4n) is 1.62. The predicted octanol–water partition coefficient (Wildman–Crippen LogP) is 2.04. The third kappa shape index (κ3) is 2.41. The van der Waals surface area contributed by atoms with Crippen LogP contribution in [-0.2, 0) is 0 Å². The molecule has 19 heavy (non-hydrogen) atoms. The first-order valence-electron chi connectivity index (χ1n) is 5.54. The molecule has 2 aromatic heterocycles. The Labute approximate surface area is 112 Å². The van der Waals surface area contributed by atoms with Crippen LogP contribution in [0, 0.1) is 6.92 Å². The second-order valence-electron chi connectivity index (χ2n) is 3.84. The summed E-state index contributed by atoms with van der Waals surface area (Å²) in [7, 11) is 0. The van der Waals surface area contributed by atoms with E-state index in [9.17, 15) is 4.79 Å². The molecule has 0 fully saturated rings. The van der Waals surface area contributed by atoms with Crippen LogP contribution in [0.2, 0.25) is 0 Å². The lowest BCUT2D eigenvalue weighted by atomic mass is 10.2. The standard InChI is InChI=1S/C12H9N5OS/c1-7-16-17-12(19-7)15-11(18)8-2-3-9-10(6-8)14-5-4-13-9/h2-6H,1H3,(H,15,17,18). The number of aromatic nitrogens is 4. The number of carbonyl (C=O) groups is 1. The highest BCUT2D eigenvalue weighted by molar-refractivity contribution is 7.15. The smallest absolute Gasteiger partial charge is 0.257 e. The Hall–Kier alpha value is -2.41. The molecular weight excluding hydrogens is 262 g/mol. The summed E-state index contributed by atoms with van der Waals surface area (Å²) in [5, 5.41) is 11.7. The summed E-state index contributed by atoms with van der Waals surface area (Å²) in [6.07, 6.45) is 3.21. The van der Waals surface area contributed by atoms with Crippen molar-refractivity contribution >= 4 is 33.4 Å². The van der Waals surface area contributed by atoms with E-state index in [4.69, 9.17) is 0 Å². The third-order valence-electron chi connectivity index (χ3n) is 2.48. The van der Waals surface area contributed by atoms with Crippen LogP contribution in [0.5, 0.6) is 0 Å². The Morgan fingerprint density at radius 2 is 1.95 bits per heavy atom. The number of carbonyl (C=O) groups excluding carboxylic acids is 1. The topological polar surface area (TPSA) is 80.7 Å². The van der Waals surface area contributed by atoms with Crippen LogP contribution in [0.3, 0.4) is 0 Å². The normalized spacial score (nSPS) is 10.6. The molecule has 0 radical (unpaired) electrons. The molecular formula is C12H9N5OS. The Morgan fingerprint density at radius 3 is 2.68 bits per heavy atom. The van der Waals surface area contributed by atoms with E-state index >= 15 is 0 Å². The summed E-state index contributed by atoms with van der Waals surface area (Å²) >= 11 is 1.33. The molecule has 0 spiro atoms. The molecule has 1 amide bonds. The lowest BCUT2D eigenvalue weighted by Crippen LogP contribution is -2.11. The molecule has 0 bridgehead atoms. The Morgan fingerprint density at radius 1 is 1.16 bits per heavy atom. The van der Waals surface area contributed by atoms with Crippen LogP contribution in [-0.4, -0.2) is 26.1 Å². The zero-order valence-corrected chi connectivity index (χ0v) is 10.8. The molecule has 2 heterocycles. The maximum Gasteiger partial charge on any atom is 0.257 e. The fraction of sp³-hybridized carbons (Fsp3) is 0.0833. The van der Waals surface area contributed by atoms with Crippen molar-refractivity contribution < 1.29 is 4.79 Å². The number of hydrogen-bond donors (Lipinski definition) is 1. The number of fused-ring (bicyclic) bond motifs is 1. The highest BCUT2D eigenvalue weighted by Crippen LogP contribution is 2.16. The summed E-state index contributed by atoms with van der Waals surface area (Å²) in [5.74, 6) is -0.233. The predicted molar refractivity (Wildman–Crippen MR) is 72.1 cm³/mol. The van der Waals surface area contributed by atoms with Gasteiger partial charge in [0.15, 0.2) is 0 Å². The van der Waals surface area contributed by atoms with Gasteiger partial charge in [-0.25, -0.2) is 0 Å². The minimum atomic E-state index is -0.233. The molecule has 1 N–H and O–H groups in total. The first-order chi connectivity index (χ1) is 9.22. The van der Waals surface area contributed by atoms with Crippen molar-refractivity contribution in [1.29, 1.82) is 0 Å². The monoisotopic (exact) mass is 271 g/mol. The highest BCUT2D eigenvalue weighted by Gasteiger charge is 2.10. The van der Waals surface area contributed by atoms with E-state index < -0.39 is 0 Å². The van der Waals surface area contributed by atoms with Gasteiger partial charge in [-0.2, -0.15) is 0 Å². The van der Waals surface area contributed by atoms with Gasteiger partial charge in [-0.15, -0.1) is 10.2 Å². The summed E-state index contributed by atoms with van der Waals surface area (Å²) in [4.78, 5) is 20.4. The number of nitrogens with zero attached hydrogens (tertiary/aromatic N) is 4. The summed E-state index contributed by atoms with van der Waals surface area (Å²) in [6.45, 7) is 1.83. The Balaban J connectivity index is 1.89. The molecule has 3 aromatic rings. The van der Waals surface area contributed by atoms with Crippen LogP contribution in [0.25, 0.3) is 11.0 Å². The van der Waals surface area contributed by atoms with Gasteiger partial charge in [0.05, 0.1) is 11.0 Å². The molecule has 0 unspecified atom stereocenters. The number of rotatable bonds is 2. The minimum Gasteiger partial charge on any atom is -0.296 e. The van der Waals surface area contributed by atoms with E-state index in [2.05, 4.69) is 25.5 Å². The fourth-order valence-corrected chi connectivity index (χ4v) is 2.21. The number of aryl methyl sites for hydroxylation is 1. The quantitative estimate of drug-likeness (QED) is 0.771. The van der Waals surface area contributed by atoms with Crippen molar-refractivity contribution in [1.82, 2.24) is 20.2 Å². The molecule has 7 heteroatoms. The first kappa shape index (κ1) is 11.7. The lowest BCUT2D eigenvalue weighted by Gasteiger charge is -2.02. The zero-order chi connectivity index (χ0) is 13.2. The third-order valence-corrected chi connectivity index (χ3v) is 3.23. The number of anilines is 1. The van der Waals surface area contributed by atoms with Gasteiger partial charge in [0.2, 0.25) is 5.13 Å². The Bertz CT molecular complexity index is 754. The van der Waals surface area contributed by atoms with E-state index in [1.165, 1.54) is 11.3 Å². The molecule has 6 nitrogen and oxygen atoms in total. The van der Waals surface area contributed by atoms with Gasteiger partial charge < -0.3 is 0 Å². The molecule has 0 aliphatic carbocycles. The number of amides is 1. The summed E-state index contributed by atoms with van der Waals surface area (Å²) in [5.41, 5.74) is 1.95. The van der Waals surface area contributed by atoms with Gasteiger partial charge in [0, 0.05) is 18.0 Å². The van der Waals surface area contributed by atoms with Gasteiger partial charge in [-0.1, -0.05) is 11.3 Å². The molecule has 94 valence electrons. The van der Waals surface area contributed by atoms with Gasteiger partial charge in [-0.05, 0) is 25.1 Å². The van der Waals surface area contributed by atoms with Crippen molar-refractivity contribution in [3.63, 3.8) is 0 Å². The van der Waals surface area contributed by atoms with Gasteiger partial charge in [0.25, 0.3) is 5.91 Å². The van der Waals surface area contributed by atoms with Crippen LogP contribution in [0.4, 0.5) is 5.13 Å². The largest absolute Gasteiger partial charge is 0.296 e. The zero-order valence-electron chi connectivity index (χ0n) is 9.99. The second kappa shape index (κ2) is 4.69. The van der Waals surface area contributed by atoms with Gasteiger partial charge >= 0.3 is 0 Å². The molecule has 0 saturated carbocycles. The van der Waals surface area contributed by atoms with Crippen molar-refractivity contribution in [3.8, 4) is 0 Å². The Kier molecular flexibility index (Phi) is 2.88. The minimum absolute atomic E-state index is 0.233. The summed E-state index contributed by atoms with van der Waals surface area (Å²) < 4.78 is 0. The van der Waals surface area contributed by atoms with Crippen molar-refractivity contribution in [2.24, 2.45) is 0 Å². The lowest BCUT2D eigenvalue weighted by molar-refractivity contribution is 0.102.